The molecule has 0 aliphatic heterocycles. The molecule has 2 N–H and O–H groups in total. The molecule has 1 aromatic carbocycles. The molecule has 0 atom stereocenters. The standard InChI is InChI=1S/C11H12N2O2/c1-11(2,7-12)8-4-3-5-9(6-8)13-10(14)15/h3-6,13H,1-2H3,(H,14,15). The fourth-order valence-electron chi connectivity index (χ4n) is 1.17. The van der Waals surface area contributed by atoms with Crippen molar-refractivity contribution in [3.05, 3.63) is 29.8 Å². The maximum absolute atomic E-state index is 10.4. The van der Waals surface area contributed by atoms with Crippen LogP contribution in [0.3, 0.4) is 0 Å². The predicted molar refractivity (Wildman–Crippen MR) is 56.7 cm³/mol. The van der Waals surface area contributed by atoms with E-state index in [9.17, 15) is 4.79 Å². The third-order valence-corrected chi connectivity index (χ3v) is 2.12. The third kappa shape index (κ3) is 2.71. The van der Waals surface area contributed by atoms with Gasteiger partial charge in [-0.3, -0.25) is 5.32 Å². The summed E-state index contributed by atoms with van der Waals surface area (Å²) in [5, 5.41) is 19.7. The van der Waals surface area contributed by atoms with Crippen LogP contribution in [0.4, 0.5) is 10.5 Å². The zero-order valence-corrected chi connectivity index (χ0v) is 8.61. The lowest BCUT2D eigenvalue weighted by atomic mass is 9.86. The van der Waals surface area contributed by atoms with Crippen LogP contribution in [0.15, 0.2) is 24.3 Å². The van der Waals surface area contributed by atoms with Crippen LogP contribution in [0.2, 0.25) is 0 Å². The summed E-state index contributed by atoms with van der Waals surface area (Å²) < 4.78 is 0. The fraction of sp³-hybridized carbons (Fsp3) is 0.273. The number of anilines is 1. The Bertz CT molecular complexity index is 419. The largest absolute Gasteiger partial charge is 0.465 e. The van der Waals surface area contributed by atoms with Gasteiger partial charge in [-0.05, 0) is 31.5 Å². The summed E-state index contributed by atoms with van der Waals surface area (Å²) in [5.41, 5.74) is 0.649. The van der Waals surface area contributed by atoms with E-state index in [-0.39, 0.29) is 0 Å². The number of rotatable bonds is 2. The minimum atomic E-state index is -1.11. The number of nitrogens with zero attached hydrogens (tertiary/aromatic N) is 1. The van der Waals surface area contributed by atoms with Gasteiger partial charge in [0.15, 0.2) is 0 Å². The number of carboxylic acid groups (broad SMARTS) is 1. The highest BCUT2D eigenvalue weighted by molar-refractivity contribution is 5.82. The molecule has 1 amide bonds. The van der Waals surface area contributed by atoms with Crippen molar-refractivity contribution in [3.63, 3.8) is 0 Å². The van der Waals surface area contributed by atoms with Crippen molar-refractivity contribution in [1.82, 2.24) is 0 Å². The number of amides is 1. The Morgan fingerprint density at radius 2 is 2.20 bits per heavy atom. The van der Waals surface area contributed by atoms with Gasteiger partial charge >= 0.3 is 6.09 Å². The molecule has 0 radical (unpaired) electrons. The van der Waals surface area contributed by atoms with Gasteiger partial charge in [0.1, 0.15) is 0 Å². The zero-order valence-electron chi connectivity index (χ0n) is 8.61. The van der Waals surface area contributed by atoms with Crippen LogP contribution < -0.4 is 5.32 Å². The maximum atomic E-state index is 10.4. The first-order chi connectivity index (χ1) is 6.95. The molecule has 15 heavy (non-hydrogen) atoms. The van der Waals surface area contributed by atoms with E-state index in [1.165, 1.54) is 0 Å². The minimum absolute atomic E-state index is 0.475. The summed E-state index contributed by atoms with van der Waals surface area (Å²) in [7, 11) is 0. The van der Waals surface area contributed by atoms with E-state index < -0.39 is 11.5 Å². The Morgan fingerprint density at radius 1 is 1.53 bits per heavy atom. The topological polar surface area (TPSA) is 73.1 Å². The average molecular weight is 204 g/mol. The molecule has 0 fully saturated rings. The van der Waals surface area contributed by atoms with Gasteiger partial charge in [-0.25, -0.2) is 4.79 Å². The molecule has 0 saturated heterocycles. The maximum Gasteiger partial charge on any atom is 0.409 e. The van der Waals surface area contributed by atoms with E-state index in [0.717, 1.165) is 5.56 Å². The summed E-state index contributed by atoms with van der Waals surface area (Å²) >= 11 is 0. The van der Waals surface area contributed by atoms with Gasteiger partial charge in [0, 0.05) is 5.69 Å². The number of carbonyl (C=O) groups is 1. The second-order valence-electron chi connectivity index (χ2n) is 3.75. The number of hydrogen-bond donors (Lipinski definition) is 2. The van der Waals surface area contributed by atoms with Gasteiger partial charge in [0.25, 0.3) is 0 Å². The molecule has 4 heteroatoms. The van der Waals surface area contributed by atoms with Crippen LogP contribution in [-0.2, 0) is 5.41 Å². The monoisotopic (exact) mass is 204 g/mol. The van der Waals surface area contributed by atoms with Gasteiger partial charge in [-0.1, -0.05) is 12.1 Å². The fourth-order valence-corrected chi connectivity index (χ4v) is 1.17. The summed E-state index contributed by atoms with van der Waals surface area (Å²) in [6.45, 7) is 3.57. The van der Waals surface area contributed by atoms with Crippen LogP contribution in [-0.4, -0.2) is 11.2 Å². The summed E-state index contributed by atoms with van der Waals surface area (Å²) in [6, 6.07) is 8.99. The van der Waals surface area contributed by atoms with Crippen molar-refractivity contribution < 1.29 is 9.90 Å². The summed E-state index contributed by atoms with van der Waals surface area (Å²) in [6.07, 6.45) is -1.11. The second kappa shape index (κ2) is 4.01. The molecule has 0 aliphatic carbocycles. The molecule has 0 aromatic heterocycles. The highest BCUT2D eigenvalue weighted by atomic mass is 16.4. The minimum Gasteiger partial charge on any atom is -0.465 e. The highest BCUT2D eigenvalue weighted by Crippen LogP contribution is 2.24. The molecule has 0 bridgehead atoms. The molecule has 78 valence electrons. The lowest BCUT2D eigenvalue weighted by Crippen LogP contribution is -2.15. The van der Waals surface area contributed by atoms with Crippen molar-refractivity contribution in [3.8, 4) is 6.07 Å². The van der Waals surface area contributed by atoms with Crippen LogP contribution in [0.1, 0.15) is 19.4 Å². The summed E-state index contributed by atoms with van der Waals surface area (Å²) in [4.78, 5) is 10.4. The average Bonchev–Trinajstić information content (AvgIpc) is 2.17. The molecule has 0 aliphatic rings. The number of benzene rings is 1. The quantitative estimate of drug-likeness (QED) is 0.777. The first kappa shape index (κ1) is 11.1. The van der Waals surface area contributed by atoms with Crippen LogP contribution >= 0.6 is 0 Å². The van der Waals surface area contributed by atoms with Crippen LogP contribution in [0.5, 0.6) is 0 Å². The van der Waals surface area contributed by atoms with E-state index >= 15 is 0 Å². The number of nitriles is 1. The Labute approximate surface area is 88.2 Å². The molecule has 0 heterocycles. The van der Waals surface area contributed by atoms with E-state index in [2.05, 4.69) is 11.4 Å². The van der Waals surface area contributed by atoms with Gasteiger partial charge < -0.3 is 5.11 Å². The van der Waals surface area contributed by atoms with E-state index in [4.69, 9.17) is 10.4 Å². The molecule has 0 unspecified atom stereocenters. The van der Waals surface area contributed by atoms with Crippen molar-refractivity contribution in [1.29, 1.82) is 5.26 Å². The molecule has 1 aromatic rings. The normalized spacial score (nSPS) is 10.5. The van der Waals surface area contributed by atoms with Gasteiger partial charge in [0.05, 0.1) is 11.5 Å². The highest BCUT2D eigenvalue weighted by Gasteiger charge is 2.19. The first-order valence-corrected chi connectivity index (χ1v) is 4.47. The van der Waals surface area contributed by atoms with Crippen molar-refractivity contribution in [2.75, 3.05) is 5.32 Å². The molecule has 0 saturated carbocycles. The van der Waals surface area contributed by atoms with Crippen LogP contribution in [0.25, 0.3) is 0 Å². The van der Waals surface area contributed by atoms with E-state index in [0.29, 0.717) is 5.69 Å². The molecule has 1 rings (SSSR count). The van der Waals surface area contributed by atoms with Crippen molar-refractivity contribution in [2.45, 2.75) is 19.3 Å². The predicted octanol–water partition coefficient (Wildman–Crippen LogP) is 2.58. The molecule has 4 nitrogen and oxygen atoms in total. The van der Waals surface area contributed by atoms with Crippen molar-refractivity contribution >= 4 is 11.8 Å². The third-order valence-electron chi connectivity index (χ3n) is 2.12. The number of hydrogen-bond acceptors (Lipinski definition) is 2. The molecule has 0 spiro atoms. The Kier molecular flexibility index (Phi) is 2.96. The van der Waals surface area contributed by atoms with E-state index in [1.54, 1.807) is 38.1 Å². The van der Waals surface area contributed by atoms with Gasteiger partial charge in [-0.2, -0.15) is 5.26 Å². The SMILES string of the molecule is CC(C)(C#N)c1cccc(NC(=O)O)c1. The second-order valence-corrected chi connectivity index (χ2v) is 3.75. The Hall–Kier alpha value is -2.02. The lowest BCUT2D eigenvalue weighted by molar-refractivity contribution is 0.209. The van der Waals surface area contributed by atoms with Gasteiger partial charge in [0.2, 0.25) is 0 Å². The zero-order chi connectivity index (χ0) is 11.5. The Balaban J connectivity index is 3.04. The summed E-state index contributed by atoms with van der Waals surface area (Å²) in [5.74, 6) is 0. The first-order valence-electron chi connectivity index (χ1n) is 4.47. The Morgan fingerprint density at radius 3 is 2.73 bits per heavy atom. The smallest absolute Gasteiger partial charge is 0.409 e. The molecular formula is C11H12N2O2. The van der Waals surface area contributed by atoms with Gasteiger partial charge in [-0.15, -0.1) is 0 Å². The number of nitrogens with one attached hydrogen (secondary N) is 1. The lowest BCUT2D eigenvalue weighted by Gasteiger charge is -2.16. The van der Waals surface area contributed by atoms with Crippen molar-refractivity contribution in [2.24, 2.45) is 0 Å². The molecular weight excluding hydrogens is 192 g/mol. The van der Waals surface area contributed by atoms with Crippen LogP contribution in [0, 0.1) is 11.3 Å². The van der Waals surface area contributed by atoms with E-state index in [1.807, 2.05) is 0 Å².